The Morgan fingerprint density at radius 2 is 1.71 bits per heavy atom. The van der Waals surface area contributed by atoms with Crippen LogP contribution < -0.4 is 0 Å². The van der Waals surface area contributed by atoms with Gasteiger partial charge in [-0.1, -0.05) is 44.2 Å². The molecule has 2 aliphatic heterocycles. The zero-order chi connectivity index (χ0) is 20.3. The van der Waals surface area contributed by atoms with E-state index >= 15 is 0 Å². The number of esters is 1. The summed E-state index contributed by atoms with van der Waals surface area (Å²) in [5.74, 6) is -0.485. The summed E-state index contributed by atoms with van der Waals surface area (Å²) in [5, 5.41) is 9.14. The summed E-state index contributed by atoms with van der Waals surface area (Å²) in [5.41, 5.74) is 0.363. The van der Waals surface area contributed by atoms with Crippen LogP contribution in [0.25, 0.3) is 0 Å². The number of carbonyl (C=O) groups excluding carboxylic acids is 2. The first-order valence-electron chi connectivity index (χ1n) is 9.83. The van der Waals surface area contributed by atoms with Gasteiger partial charge < -0.3 is 19.6 Å². The van der Waals surface area contributed by atoms with Crippen LogP contribution in [-0.4, -0.2) is 58.6 Å². The number of benzene rings is 1. The number of nitrogens with zero attached hydrogens (tertiary/aromatic N) is 2. The van der Waals surface area contributed by atoms with Gasteiger partial charge in [0.05, 0.1) is 5.41 Å². The fraction of sp³-hybridized carbons (Fsp3) is 0.571. The molecule has 2 aliphatic rings. The van der Waals surface area contributed by atoms with E-state index in [0.717, 1.165) is 5.56 Å². The van der Waals surface area contributed by atoms with Crippen LogP contribution in [0, 0.1) is 11.3 Å². The molecule has 2 heterocycles. The van der Waals surface area contributed by atoms with Crippen LogP contribution >= 0.6 is 0 Å². The number of piperidine rings is 1. The first-order valence-corrected chi connectivity index (χ1v) is 9.83. The van der Waals surface area contributed by atoms with Crippen molar-refractivity contribution in [2.24, 2.45) is 11.3 Å². The standard InChI is InChI=1S/C21H28N2O5/c1-15(2)17(18(24)28-14-16-6-4-3-5-7-16)23-13-10-21(19(23)25)8-11-22(12-9-21)20(26)27/h3-7,15,17H,8-14H2,1-2H3,(H,26,27). The minimum absolute atomic E-state index is 0.0344. The maximum Gasteiger partial charge on any atom is 0.407 e. The molecule has 0 bridgehead atoms. The summed E-state index contributed by atoms with van der Waals surface area (Å²) in [6.45, 7) is 5.25. The van der Waals surface area contributed by atoms with E-state index in [0.29, 0.717) is 38.9 Å². The minimum atomic E-state index is -0.943. The van der Waals surface area contributed by atoms with Crippen molar-refractivity contribution in [2.45, 2.75) is 45.8 Å². The number of hydrogen-bond donors (Lipinski definition) is 1. The van der Waals surface area contributed by atoms with Gasteiger partial charge in [-0.3, -0.25) is 4.79 Å². The van der Waals surface area contributed by atoms with Crippen LogP contribution in [0.5, 0.6) is 0 Å². The SMILES string of the molecule is CC(C)C(C(=O)OCc1ccccc1)N1CCC2(CCN(C(=O)O)CC2)C1=O. The van der Waals surface area contributed by atoms with E-state index in [9.17, 15) is 14.4 Å². The van der Waals surface area contributed by atoms with Crippen LogP contribution in [0.4, 0.5) is 4.79 Å². The van der Waals surface area contributed by atoms with Gasteiger partial charge in [0.2, 0.25) is 5.91 Å². The predicted molar refractivity (Wildman–Crippen MR) is 102 cm³/mol. The summed E-state index contributed by atoms with van der Waals surface area (Å²) >= 11 is 0. The molecule has 1 aromatic carbocycles. The van der Waals surface area contributed by atoms with Gasteiger partial charge in [-0.25, -0.2) is 9.59 Å². The quantitative estimate of drug-likeness (QED) is 0.784. The number of ether oxygens (including phenoxy) is 1. The van der Waals surface area contributed by atoms with Crippen molar-refractivity contribution in [3.8, 4) is 0 Å². The molecule has 1 spiro atoms. The number of amides is 2. The fourth-order valence-corrected chi connectivity index (χ4v) is 4.28. The third-order valence-electron chi connectivity index (χ3n) is 5.97. The Morgan fingerprint density at radius 1 is 1.11 bits per heavy atom. The van der Waals surface area contributed by atoms with Gasteiger partial charge in [-0.15, -0.1) is 0 Å². The first-order chi connectivity index (χ1) is 13.3. The summed E-state index contributed by atoms with van der Waals surface area (Å²) < 4.78 is 5.52. The Kier molecular flexibility index (Phi) is 5.91. The lowest BCUT2D eigenvalue weighted by molar-refractivity contribution is -0.159. The third-order valence-corrected chi connectivity index (χ3v) is 5.97. The third kappa shape index (κ3) is 3.98. The van der Waals surface area contributed by atoms with Gasteiger partial charge >= 0.3 is 12.1 Å². The van der Waals surface area contributed by atoms with Crippen LogP contribution in [0.2, 0.25) is 0 Å². The lowest BCUT2D eigenvalue weighted by Crippen LogP contribution is -2.51. The number of rotatable bonds is 5. The highest BCUT2D eigenvalue weighted by Crippen LogP contribution is 2.43. The number of hydrogen-bond acceptors (Lipinski definition) is 4. The summed E-state index contributed by atoms with van der Waals surface area (Å²) in [6, 6.07) is 8.85. The molecule has 1 atom stereocenters. The van der Waals surface area contributed by atoms with Gasteiger partial charge in [0, 0.05) is 19.6 Å². The molecular formula is C21H28N2O5. The molecule has 0 saturated carbocycles. The van der Waals surface area contributed by atoms with E-state index in [2.05, 4.69) is 0 Å². The van der Waals surface area contributed by atoms with E-state index in [1.165, 1.54) is 4.90 Å². The molecule has 7 nitrogen and oxygen atoms in total. The largest absolute Gasteiger partial charge is 0.465 e. The topological polar surface area (TPSA) is 87.2 Å². The van der Waals surface area contributed by atoms with Crippen LogP contribution in [0.15, 0.2) is 30.3 Å². The Bertz CT molecular complexity index is 726. The van der Waals surface area contributed by atoms with Gasteiger partial charge in [0.25, 0.3) is 0 Å². The van der Waals surface area contributed by atoms with E-state index in [-0.39, 0.29) is 24.4 Å². The monoisotopic (exact) mass is 388 g/mol. The van der Waals surface area contributed by atoms with Crippen molar-refractivity contribution in [1.82, 2.24) is 9.80 Å². The summed E-state index contributed by atoms with van der Waals surface area (Å²) in [7, 11) is 0. The summed E-state index contributed by atoms with van der Waals surface area (Å²) in [4.78, 5) is 40.2. The second-order valence-corrected chi connectivity index (χ2v) is 8.08. The molecule has 1 unspecified atom stereocenters. The van der Waals surface area contributed by atoms with Crippen molar-refractivity contribution in [3.63, 3.8) is 0 Å². The molecule has 0 aliphatic carbocycles. The molecule has 7 heteroatoms. The van der Waals surface area contributed by atoms with Crippen molar-refractivity contribution < 1.29 is 24.2 Å². The highest BCUT2D eigenvalue weighted by molar-refractivity contribution is 5.90. The fourth-order valence-electron chi connectivity index (χ4n) is 4.28. The Balaban J connectivity index is 1.67. The molecule has 2 saturated heterocycles. The molecule has 3 rings (SSSR count). The van der Waals surface area contributed by atoms with Crippen molar-refractivity contribution in [2.75, 3.05) is 19.6 Å². The molecule has 2 fully saturated rings. The molecular weight excluding hydrogens is 360 g/mol. The molecule has 1 aromatic rings. The number of carbonyl (C=O) groups is 3. The number of likely N-dealkylation sites (tertiary alicyclic amines) is 2. The van der Waals surface area contributed by atoms with Gasteiger partial charge in [-0.2, -0.15) is 0 Å². The van der Waals surface area contributed by atoms with Gasteiger partial charge in [0.15, 0.2) is 0 Å². The lowest BCUT2D eigenvalue weighted by atomic mass is 9.77. The normalized spacial score (nSPS) is 19.9. The van der Waals surface area contributed by atoms with Crippen LogP contribution in [-0.2, 0) is 20.9 Å². The van der Waals surface area contributed by atoms with Crippen LogP contribution in [0.3, 0.4) is 0 Å². The summed E-state index contributed by atoms with van der Waals surface area (Å²) in [6.07, 6.45) is 0.743. The Labute approximate surface area is 165 Å². The molecule has 2 amide bonds. The van der Waals surface area contributed by atoms with Crippen molar-refractivity contribution >= 4 is 18.0 Å². The minimum Gasteiger partial charge on any atom is -0.465 e. The number of carboxylic acid groups (broad SMARTS) is 1. The maximum absolute atomic E-state index is 13.2. The van der Waals surface area contributed by atoms with Crippen molar-refractivity contribution in [3.05, 3.63) is 35.9 Å². The van der Waals surface area contributed by atoms with Crippen molar-refractivity contribution in [1.29, 1.82) is 0 Å². The predicted octanol–water partition coefficient (Wildman–Crippen LogP) is 2.75. The van der Waals surface area contributed by atoms with Gasteiger partial charge in [-0.05, 0) is 30.7 Å². The average molecular weight is 388 g/mol. The smallest absolute Gasteiger partial charge is 0.407 e. The van der Waals surface area contributed by atoms with Gasteiger partial charge in [0.1, 0.15) is 12.6 Å². The van der Waals surface area contributed by atoms with E-state index < -0.39 is 17.6 Å². The average Bonchev–Trinajstić information content (AvgIpc) is 2.97. The van der Waals surface area contributed by atoms with E-state index in [4.69, 9.17) is 9.84 Å². The lowest BCUT2D eigenvalue weighted by Gasteiger charge is -2.37. The first kappa shape index (κ1) is 20.2. The molecule has 152 valence electrons. The Morgan fingerprint density at radius 3 is 2.29 bits per heavy atom. The molecule has 0 radical (unpaired) electrons. The zero-order valence-corrected chi connectivity index (χ0v) is 16.5. The Hall–Kier alpha value is -2.57. The maximum atomic E-state index is 13.2. The second-order valence-electron chi connectivity index (χ2n) is 8.08. The highest BCUT2D eigenvalue weighted by atomic mass is 16.5. The molecule has 0 aromatic heterocycles. The van der Waals surface area contributed by atoms with E-state index in [1.807, 2.05) is 44.2 Å². The molecule has 28 heavy (non-hydrogen) atoms. The van der Waals surface area contributed by atoms with Crippen LogP contribution in [0.1, 0.15) is 38.7 Å². The zero-order valence-electron chi connectivity index (χ0n) is 16.5. The second kappa shape index (κ2) is 8.20. The molecule has 1 N–H and O–H groups in total. The highest BCUT2D eigenvalue weighted by Gasteiger charge is 2.52. The van der Waals surface area contributed by atoms with E-state index in [1.54, 1.807) is 4.90 Å².